The molecule has 0 fully saturated rings. The minimum absolute atomic E-state index is 0.327. The zero-order chi connectivity index (χ0) is 12.0. The van der Waals surface area contributed by atoms with Crippen molar-refractivity contribution in [2.45, 2.75) is 39.2 Å². The van der Waals surface area contributed by atoms with Crippen molar-refractivity contribution in [3.05, 3.63) is 18.0 Å². The van der Waals surface area contributed by atoms with Crippen molar-refractivity contribution in [3.8, 4) is 0 Å². The zero-order valence-electron chi connectivity index (χ0n) is 10.00. The highest BCUT2D eigenvalue weighted by Crippen LogP contribution is 2.16. The molecule has 0 aromatic carbocycles. The molecule has 0 N–H and O–H groups in total. The highest BCUT2D eigenvalue weighted by Gasteiger charge is 2.11. The lowest BCUT2D eigenvalue weighted by molar-refractivity contribution is 0.423. The van der Waals surface area contributed by atoms with E-state index >= 15 is 0 Å². The first-order valence-electron chi connectivity index (χ1n) is 5.91. The average Bonchev–Trinajstić information content (AvgIpc) is 2.76. The first-order chi connectivity index (χ1) is 7.74. The van der Waals surface area contributed by atoms with Crippen LogP contribution in [0.3, 0.4) is 0 Å². The Kier molecular flexibility index (Phi) is 6.22. The summed E-state index contributed by atoms with van der Waals surface area (Å²) in [5.74, 6) is 1.52. The van der Waals surface area contributed by atoms with E-state index in [1.165, 1.54) is 0 Å². The van der Waals surface area contributed by atoms with Gasteiger partial charge < -0.3 is 0 Å². The molecular formula is C12H20Cl2N2. The van der Waals surface area contributed by atoms with E-state index in [2.05, 4.69) is 35.9 Å². The van der Waals surface area contributed by atoms with Crippen molar-refractivity contribution in [3.63, 3.8) is 0 Å². The molecule has 1 rings (SSSR count). The fraction of sp³-hybridized carbons (Fsp3) is 0.750. The van der Waals surface area contributed by atoms with E-state index in [0.717, 1.165) is 25.0 Å². The summed E-state index contributed by atoms with van der Waals surface area (Å²) in [6.07, 6.45) is 5.17. The van der Waals surface area contributed by atoms with Crippen LogP contribution in [0.2, 0.25) is 0 Å². The fourth-order valence-corrected chi connectivity index (χ4v) is 2.35. The molecule has 1 aromatic rings. The van der Waals surface area contributed by atoms with Gasteiger partial charge >= 0.3 is 0 Å². The topological polar surface area (TPSA) is 17.8 Å². The van der Waals surface area contributed by atoms with E-state index in [0.29, 0.717) is 23.7 Å². The van der Waals surface area contributed by atoms with Gasteiger partial charge in [0.15, 0.2) is 0 Å². The lowest BCUT2D eigenvalue weighted by Crippen LogP contribution is -2.11. The quantitative estimate of drug-likeness (QED) is 0.682. The van der Waals surface area contributed by atoms with E-state index in [9.17, 15) is 0 Å². The van der Waals surface area contributed by atoms with Crippen molar-refractivity contribution in [2.24, 2.45) is 5.92 Å². The lowest BCUT2D eigenvalue weighted by atomic mass is 10.1. The Morgan fingerprint density at radius 3 is 2.38 bits per heavy atom. The third-order valence-electron chi connectivity index (χ3n) is 2.91. The van der Waals surface area contributed by atoms with Crippen LogP contribution in [0.15, 0.2) is 12.3 Å². The molecule has 92 valence electrons. The number of halogens is 2. The second kappa shape index (κ2) is 7.18. The van der Waals surface area contributed by atoms with Gasteiger partial charge in [-0.05, 0) is 31.2 Å². The normalized spacial score (nSPS) is 11.6. The molecule has 0 saturated carbocycles. The largest absolute Gasteiger partial charge is 0.269 e. The molecular weight excluding hydrogens is 243 g/mol. The summed E-state index contributed by atoms with van der Waals surface area (Å²) in [6, 6.07) is 2.59. The Labute approximate surface area is 108 Å². The van der Waals surface area contributed by atoms with Crippen LogP contribution in [0.4, 0.5) is 0 Å². The molecule has 0 unspecified atom stereocenters. The van der Waals surface area contributed by atoms with Crippen molar-refractivity contribution >= 4 is 23.2 Å². The van der Waals surface area contributed by atoms with Crippen LogP contribution in [0.25, 0.3) is 0 Å². The Hall–Kier alpha value is -0.210. The summed E-state index contributed by atoms with van der Waals surface area (Å²) in [7, 11) is 0. The summed E-state index contributed by atoms with van der Waals surface area (Å²) in [5.41, 5.74) is 1.10. The Balaban J connectivity index is 2.63. The Bertz CT molecular complexity index is 291. The third kappa shape index (κ3) is 3.67. The van der Waals surface area contributed by atoms with Crippen LogP contribution in [0.1, 0.15) is 38.4 Å². The van der Waals surface area contributed by atoms with Crippen molar-refractivity contribution in [2.75, 3.05) is 11.8 Å². The number of hydrogen-bond acceptors (Lipinski definition) is 1. The second-order valence-electron chi connectivity index (χ2n) is 4.14. The Morgan fingerprint density at radius 1 is 1.25 bits per heavy atom. The number of rotatable bonds is 7. The number of aromatic nitrogens is 2. The number of alkyl halides is 2. The van der Waals surface area contributed by atoms with Crippen LogP contribution in [0.5, 0.6) is 0 Å². The van der Waals surface area contributed by atoms with E-state index < -0.39 is 0 Å². The summed E-state index contributed by atoms with van der Waals surface area (Å²) < 4.78 is 2.06. The van der Waals surface area contributed by atoms with Gasteiger partial charge in [-0.1, -0.05) is 13.8 Å². The molecule has 1 aromatic heterocycles. The van der Waals surface area contributed by atoms with Crippen LogP contribution < -0.4 is 0 Å². The van der Waals surface area contributed by atoms with Gasteiger partial charge in [0.1, 0.15) is 0 Å². The van der Waals surface area contributed by atoms with Crippen molar-refractivity contribution in [1.29, 1.82) is 0 Å². The maximum atomic E-state index is 5.82. The van der Waals surface area contributed by atoms with Crippen LogP contribution >= 0.6 is 23.2 Å². The van der Waals surface area contributed by atoms with Gasteiger partial charge in [0.25, 0.3) is 0 Å². The fourth-order valence-electron chi connectivity index (χ4n) is 1.80. The molecule has 2 nitrogen and oxygen atoms in total. The third-order valence-corrected chi connectivity index (χ3v) is 3.79. The monoisotopic (exact) mass is 262 g/mol. The summed E-state index contributed by atoms with van der Waals surface area (Å²) in [5, 5.41) is 4.59. The molecule has 0 saturated heterocycles. The summed E-state index contributed by atoms with van der Waals surface area (Å²) in [6.45, 7) is 4.38. The van der Waals surface area contributed by atoms with E-state index in [1.54, 1.807) is 0 Å². The van der Waals surface area contributed by atoms with Crippen LogP contribution in [-0.2, 0) is 6.42 Å². The highest BCUT2D eigenvalue weighted by molar-refractivity contribution is 6.20. The molecule has 0 atom stereocenters. The molecule has 0 aliphatic carbocycles. The zero-order valence-corrected chi connectivity index (χ0v) is 11.5. The van der Waals surface area contributed by atoms with Crippen LogP contribution in [-0.4, -0.2) is 21.5 Å². The maximum Gasteiger partial charge on any atom is 0.0628 e. The summed E-state index contributed by atoms with van der Waals surface area (Å²) >= 11 is 11.6. The molecule has 16 heavy (non-hydrogen) atoms. The van der Waals surface area contributed by atoms with Crippen LogP contribution in [0, 0.1) is 5.92 Å². The second-order valence-corrected chi connectivity index (χ2v) is 4.75. The molecule has 4 heteroatoms. The minimum atomic E-state index is 0.327. The van der Waals surface area contributed by atoms with Gasteiger partial charge in [0.05, 0.1) is 11.7 Å². The van der Waals surface area contributed by atoms with Crippen molar-refractivity contribution in [1.82, 2.24) is 9.78 Å². The van der Waals surface area contributed by atoms with Crippen molar-refractivity contribution < 1.29 is 0 Å². The number of hydrogen-bond donors (Lipinski definition) is 0. The van der Waals surface area contributed by atoms with E-state index in [1.807, 2.05) is 0 Å². The first kappa shape index (κ1) is 13.9. The maximum absolute atomic E-state index is 5.82. The molecule has 0 radical (unpaired) electrons. The van der Waals surface area contributed by atoms with Gasteiger partial charge in [-0.2, -0.15) is 5.10 Å². The predicted octanol–water partition coefficient (Wildman–Crippen LogP) is 3.88. The van der Waals surface area contributed by atoms with Gasteiger partial charge in [0, 0.05) is 18.0 Å². The van der Waals surface area contributed by atoms with E-state index in [4.69, 9.17) is 23.2 Å². The lowest BCUT2D eigenvalue weighted by Gasteiger charge is -2.13. The minimum Gasteiger partial charge on any atom is -0.269 e. The molecule has 0 spiro atoms. The molecule has 0 amide bonds. The molecule has 1 heterocycles. The average molecular weight is 263 g/mol. The van der Waals surface area contributed by atoms with E-state index in [-0.39, 0.29) is 0 Å². The SMILES string of the molecule is CCC(CC)n1ccc(CC(CCl)CCl)n1. The number of nitrogens with zero attached hydrogens (tertiary/aromatic N) is 2. The Morgan fingerprint density at radius 2 is 1.88 bits per heavy atom. The molecule has 0 bridgehead atoms. The smallest absolute Gasteiger partial charge is 0.0628 e. The van der Waals surface area contributed by atoms with Gasteiger partial charge in [-0.25, -0.2) is 0 Å². The first-order valence-corrected chi connectivity index (χ1v) is 6.97. The summed E-state index contributed by atoms with van der Waals surface area (Å²) in [4.78, 5) is 0. The predicted molar refractivity (Wildman–Crippen MR) is 70.5 cm³/mol. The van der Waals surface area contributed by atoms with Gasteiger partial charge in [0.2, 0.25) is 0 Å². The highest BCUT2D eigenvalue weighted by atomic mass is 35.5. The molecule has 0 aliphatic rings. The van der Waals surface area contributed by atoms with Gasteiger partial charge in [-0.3, -0.25) is 4.68 Å². The standard InChI is InChI=1S/C12H20Cl2N2/c1-3-12(4-2)16-6-5-11(15-16)7-10(8-13)9-14/h5-6,10,12H,3-4,7-9H2,1-2H3. The van der Waals surface area contributed by atoms with Gasteiger partial charge in [-0.15, -0.1) is 23.2 Å². The molecule has 0 aliphatic heterocycles.